The first-order valence-corrected chi connectivity index (χ1v) is 8.62. The molecule has 0 saturated heterocycles. The number of hydrazine groups is 1. The molecule has 1 aromatic heterocycles. The summed E-state index contributed by atoms with van der Waals surface area (Å²) >= 11 is 2.02. The van der Waals surface area contributed by atoms with Gasteiger partial charge in [0, 0.05) is 24.0 Å². The lowest BCUT2D eigenvalue weighted by atomic mass is 10.2. The summed E-state index contributed by atoms with van der Waals surface area (Å²) in [6.45, 7) is 5.21. The highest BCUT2D eigenvalue weighted by molar-refractivity contribution is 7.99. The highest BCUT2D eigenvalue weighted by Crippen LogP contribution is 2.32. The van der Waals surface area contributed by atoms with Crippen molar-refractivity contribution in [3.63, 3.8) is 0 Å². The largest absolute Gasteiger partial charge is 0.374 e. The topological polar surface area (TPSA) is 85.1 Å². The third-order valence-electron chi connectivity index (χ3n) is 3.52. The Morgan fingerprint density at radius 1 is 1.33 bits per heavy atom. The second-order valence-corrected chi connectivity index (χ2v) is 6.53. The minimum absolute atomic E-state index is 0.401. The summed E-state index contributed by atoms with van der Waals surface area (Å²) < 4.78 is 5.38. The lowest BCUT2D eigenvalue weighted by molar-refractivity contribution is 0.128. The number of anilines is 2. The molecule has 0 aliphatic heterocycles. The Kier molecular flexibility index (Phi) is 6.53. The monoisotopic (exact) mass is 311 g/mol. The van der Waals surface area contributed by atoms with Crippen molar-refractivity contribution >= 4 is 23.4 Å². The van der Waals surface area contributed by atoms with Crippen LogP contribution in [0.5, 0.6) is 0 Å². The highest BCUT2D eigenvalue weighted by Gasteiger charge is 2.27. The molecule has 0 spiro atoms. The fraction of sp³-hybridized carbons (Fsp3) is 0.714. The van der Waals surface area contributed by atoms with E-state index in [1.807, 2.05) is 24.8 Å². The van der Waals surface area contributed by atoms with Crippen molar-refractivity contribution in [1.29, 1.82) is 0 Å². The van der Waals surface area contributed by atoms with Gasteiger partial charge in [0.15, 0.2) is 5.82 Å². The summed E-state index contributed by atoms with van der Waals surface area (Å²) in [5.74, 6) is 8.71. The molecule has 6 nitrogen and oxygen atoms in total. The maximum atomic E-state index is 5.49. The van der Waals surface area contributed by atoms with Crippen molar-refractivity contribution in [2.45, 2.75) is 51.0 Å². The van der Waals surface area contributed by atoms with Crippen molar-refractivity contribution in [3.05, 3.63) is 11.9 Å². The standard InChI is InChI=1S/C14H25N5OS/c1-3-20-9-14-17-12(8-13(18-14)19-15)16-10-6-5-7-11(10)21-4-2/h8,10-11H,3-7,9,15H2,1-2H3,(H2,16,17,18,19). The first kappa shape index (κ1) is 16.3. The van der Waals surface area contributed by atoms with Crippen LogP contribution >= 0.6 is 11.8 Å². The molecular weight excluding hydrogens is 286 g/mol. The first-order valence-electron chi connectivity index (χ1n) is 7.57. The Morgan fingerprint density at radius 2 is 2.14 bits per heavy atom. The molecule has 2 atom stereocenters. The minimum atomic E-state index is 0.401. The van der Waals surface area contributed by atoms with Gasteiger partial charge in [0.2, 0.25) is 0 Å². The Hall–Kier alpha value is -1.05. The van der Waals surface area contributed by atoms with E-state index in [2.05, 4.69) is 27.6 Å². The van der Waals surface area contributed by atoms with Crippen molar-refractivity contribution in [2.24, 2.45) is 5.84 Å². The summed E-state index contributed by atoms with van der Waals surface area (Å²) in [7, 11) is 0. The second kappa shape index (κ2) is 8.41. The number of nitrogens with two attached hydrogens (primary N) is 1. The van der Waals surface area contributed by atoms with E-state index in [1.165, 1.54) is 19.3 Å². The number of thioether (sulfide) groups is 1. The van der Waals surface area contributed by atoms with Gasteiger partial charge in [-0.25, -0.2) is 15.8 Å². The van der Waals surface area contributed by atoms with Gasteiger partial charge in [0.1, 0.15) is 18.2 Å². The van der Waals surface area contributed by atoms with Gasteiger partial charge in [-0.3, -0.25) is 0 Å². The molecule has 1 aromatic rings. The molecule has 118 valence electrons. The molecule has 2 rings (SSSR count). The van der Waals surface area contributed by atoms with Crippen LogP contribution in [-0.2, 0) is 11.3 Å². The van der Waals surface area contributed by atoms with Crippen molar-refractivity contribution in [3.8, 4) is 0 Å². The van der Waals surface area contributed by atoms with Crippen molar-refractivity contribution in [1.82, 2.24) is 9.97 Å². The Morgan fingerprint density at radius 3 is 2.86 bits per heavy atom. The molecule has 1 aliphatic carbocycles. The predicted octanol–water partition coefficient (Wildman–Crippen LogP) is 2.38. The average molecular weight is 311 g/mol. The van der Waals surface area contributed by atoms with Crippen LogP contribution in [0.2, 0.25) is 0 Å². The van der Waals surface area contributed by atoms with Crippen LogP contribution in [0.25, 0.3) is 0 Å². The maximum Gasteiger partial charge on any atom is 0.158 e. The van der Waals surface area contributed by atoms with Crippen LogP contribution in [-0.4, -0.2) is 33.6 Å². The van der Waals surface area contributed by atoms with Gasteiger partial charge in [0.05, 0.1) is 0 Å². The number of aromatic nitrogens is 2. The molecule has 1 aliphatic rings. The van der Waals surface area contributed by atoms with Crippen molar-refractivity contribution < 1.29 is 4.74 Å². The Labute approximate surface area is 130 Å². The lowest BCUT2D eigenvalue weighted by Gasteiger charge is -2.21. The summed E-state index contributed by atoms with van der Waals surface area (Å²) in [5, 5.41) is 4.21. The number of rotatable bonds is 8. The number of nitrogen functional groups attached to an aromatic ring is 1. The number of ether oxygens (including phenoxy) is 1. The van der Waals surface area contributed by atoms with Gasteiger partial charge in [0.25, 0.3) is 0 Å². The zero-order valence-corrected chi connectivity index (χ0v) is 13.6. The summed E-state index contributed by atoms with van der Waals surface area (Å²) in [6.07, 6.45) is 3.73. The summed E-state index contributed by atoms with van der Waals surface area (Å²) in [5.41, 5.74) is 2.59. The van der Waals surface area contributed by atoms with E-state index in [0.29, 0.717) is 36.1 Å². The van der Waals surface area contributed by atoms with Gasteiger partial charge in [-0.15, -0.1) is 0 Å². The van der Waals surface area contributed by atoms with Crippen molar-refractivity contribution in [2.75, 3.05) is 23.1 Å². The van der Waals surface area contributed by atoms with Gasteiger partial charge in [-0.2, -0.15) is 11.8 Å². The molecule has 0 aromatic carbocycles. The van der Waals surface area contributed by atoms with E-state index in [9.17, 15) is 0 Å². The molecular formula is C14H25N5OS. The molecule has 0 bridgehead atoms. The van der Waals surface area contributed by atoms with Gasteiger partial charge in [-0.1, -0.05) is 13.3 Å². The molecule has 0 radical (unpaired) electrons. The van der Waals surface area contributed by atoms with E-state index in [4.69, 9.17) is 10.6 Å². The molecule has 7 heteroatoms. The molecule has 1 saturated carbocycles. The second-order valence-electron chi connectivity index (χ2n) is 5.01. The van der Waals surface area contributed by atoms with E-state index >= 15 is 0 Å². The highest BCUT2D eigenvalue weighted by atomic mass is 32.2. The maximum absolute atomic E-state index is 5.49. The number of nitrogens with zero attached hydrogens (tertiary/aromatic N) is 2. The fourth-order valence-electron chi connectivity index (χ4n) is 2.60. The third-order valence-corrected chi connectivity index (χ3v) is 4.85. The summed E-state index contributed by atoms with van der Waals surface area (Å²) in [6, 6.07) is 2.32. The van der Waals surface area contributed by atoms with E-state index in [0.717, 1.165) is 11.6 Å². The van der Waals surface area contributed by atoms with E-state index in [1.54, 1.807) is 0 Å². The lowest BCUT2D eigenvalue weighted by Crippen LogP contribution is -2.27. The van der Waals surface area contributed by atoms with Crippen LogP contribution < -0.4 is 16.6 Å². The Bertz CT molecular complexity index is 445. The zero-order valence-electron chi connectivity index (χ0n) is 12.8. The van der Waals surface area contributed by atoms with Gasteiger partial charge >= 0.3 is 0 Å². The molecule has 1 fully saturated rings. The minimum Gasteiger partial charge on any atom is -0.374 e. The SMILES string of the molecule is CCOCc1nc(NN)cc(NC2CCCC2SCC)n1. The van der Waals surface area contributed by atoms with Crippen LogP contribution in [0.1, 0.15) is 38.9 Å². The van der Waals surface area contributed by atoms with Crippen LogP contribution in [0.3, 0.4) is 0 Å². The Balaban J connectivity index is 2.07. The van der Waals surface area contributed by atoms with Crippen LogP contribution in [0.4, 0.5) is 11.6 Å². The quantitative estimate of drug-likeness (QED) is 0.502. The molecule has 2 unspecified atom stereocenters. The molecule has 0 amide bonds. The van der Waals surface area contributed by atoms with Crippen LogP contribution in [0, 0.1) is 0 Å². The molecule has 21 heavy (non-hydrogen) atoms. The first-order chi connectivity index (χ1) is 10.3. The normalized spacial score (nSPS) is 21.5. The van der Waals surface area contributed by atoms with E-state index in [-0.39, 0.29) is 0 Å². The average Bonchev–Trinajstić information content (AvgIpc) is 2.92. The fourth-order valence-corrected chi connectivity index (χ4v) is 3.80. The van der Waals surface area contributed by atoms with Crippen LogP contribution in [0.15, 0.2) is 6.07 Å². The van der Waals surface area contributed by atoms with Gasteiger partial charge < -0.3 is 15.5 Å². The van der Waals surface area contributed by atoms with E-state index < -0.39 is 0 Å². The molecule has 1 heterocycles. The predicted molar refractivity (Wildman–Crippen MR) is 88.4 cm³/mol. The smallest absolute Gasteiger partial charge is 0.158 e. The van der Waals surface area contributed by atoms with Gasteiger partial charge in [-0.05, 0) is 25.5 Å². The number of nitrogens with one attached hydrogen (secondary N) is 2. The third kappa shape index (κ3) is 4.72. The number of hydrogen-bond acceptors (Lipinski definition) is 7. The summed E-state index contributed by atoms with van der Waals surface area (Å²) in [4.78, 5) is 8.83. The number of hydrogen-bond donors (Lipinski definition) is 3. The zero-order chi connectivity index (χ0) is 15.1. The molecule has 4 N–H and O–H groups in total.